The molecule has 0 aromatic carbocycles. The number of nitriles is 1. The number of rotatable bonds is 5. The predicted octanol–water partition coefficient (Wildman–Crippen LogP) is 3.44. The van der Waals surface area contributed by atoms with Gasteiger partial charge in [0, 0.05) is 4.88 Å². The number of aromatic nitrogens is 2. The monoisotopic (exact) mass is 379 g/mol. The third-order valence-corrected chi connectivity index (χ3v) is 7.26. The zero-order valence-electron chi connectivity index (χ0n) is 13.2. The molecule has 0 spiro atoms. The van der Waals surface area contributed by atoms with Crippen molar-refractivity contribution in [3.63, 3.8) is 0 Å². The average molecular weight is 380 g/mol. The molecule has 0 aliphatic heterocycles. The van der Waals surface area contributed by atoms with Crippen LogP contribution in [-0.2, 0) is 17.6 Å². The molecule has 1 unspecified atom stereocenters. The highest BCUT2D eigenvalue weighted by atomic mass is 32.2. The molecule has 2 aromatic heterocycles. The quantitative estimate of drug-likeness (QED) is 0.771. The number of amides is 1. The van der Waals surface area contributed by atoms with Crippen LogP contribution in [0.2, 0.25) is 0 Å². The van der Waals surface area contributed by atoms with E-state index in [1.807, 2.05) is 6.92 Å². The van der Waals surface area contributed by atoms with E-state index >= 15 is 0 Å². The highest BCUT2D eigenvalue weighted by Crippen LogP contribution is 2.38. The summed E-state index contributed by atoms with van der Waals surface area (Å²) in [5.74, 6) is -0.105. The van der Waals surface area contributed by atoms with E-state index in [-0.39, 0.29) is 11.2 Å². The summed E-state index contributed by atoms with van der Waals surface area (Å²) in [6.07, 6.45) is 4.85. The Labute approximate surface area is 152 Å². The minimum Gasteiger partial charge on any atom is -0.374 e. The number of carbonyl (C=O) groups excluding carboxylic acids is 1. The molecule has 0 saturated heterocycles. The van der Waals surface area contributed by atoms with Crippen molar-refractivity contribution in [3.05, 3.63) is 16.0 Å². The van der Waals surface area contributed by atoms with Crippen molar-refractivity contribution in [2.75, 3.05) is 11.1 Å². The number of thiophene rings is 1. The number of aryl methyl sites for hydroxylation is 1. The number of carbonyl (C=O) groups is 1. The Morgan fingerprint density at radius 3 is 2.88 bits per heavy atom. The molecule has 9 heteroatoms. The lowest BCUT2D eigenvalue weighted by atomic mass is 9.96. The second-order valence-electron chi connectivity index (χ2n) is 5.44. The highest BCUT2D eigenvalue weighted by Gasteiger charge is 2.25. The van der Waals surface area contributed by atoms with Crippen molar-refractivity contribution in [2.24, 2.45) is 0 Å². The van der Waals surface area contributed by atoms with Gasteiger partial charge in [-0.05, 0) is 37.7 Å². The van der Waals surface area contributed by atoms with Crippen LogP contribution in [0.1, 0.15) is 42.2 Å². The molecule has 126 valence electrons. The van der Waals surface area contributed by atoms with Crippen LogP contribution in [0, 0.1) is 11.3 Å². The van der Waals surface area contributed by atoms with Gasteiger partial charge < -0.3 is 11.1 Å². The van der Waals surface area contributed by atoms with E-state index in [9.17, 15) is 10.1 Å². The number of nitrogens with two attached hydrogens (primary N) is 1. The Bertz CT molecular complexity index is 792. The first-order valence-electron chi connectivity index (χ1n) is 7.73. The summed E-state index contributed by atoms with van der Waals surface area (Å²) in [5, 5.41) is 21.0. The molecule has 1 aliphatic rings. The van der Waals surface area contributed by atoms with E-state index in [1.165, 1.54) is 28.0 Å². The Morgan fingerprint density at radius 1 is 1.42 bits per heavy atom. The van der Waals surface area contributed by atoms with Crippen LogP contribution in [0.15, 0.2) is 4.34 Å². The first kappa shape index (κ1) is 17.2. The van der Waals surface area contributed by atoms with Crippen molar-refractivity contribution >= 4 is 50.5 Å². The molecule has 0 saturated carbocycles. The molecule has 0 radical (unpaired) electrons. The number of thioether (sulfide) groups is 1. The number of nitrogen functional groups attached to an aromatic ring is 1. The Hall–Kier alpha value is -1.63. The van der Waals surface area contributed by atoms with Crippen molar-refractivity contribution < 1.29 is 4.79 Å². The molecule has 3 N–H and O–H groups in total. The molecule has 0 bridgehead atoms. The third-order valence-electron chi connectivity index (χ3n) is 3.85. The topological polar surface area (TPSA) is 105 Å². The molecule has 1 amide bonds. The number of hydrogen-bond acceptors (Lipinski definition) is 8. The maximum Gasteiger partial charge on any atom is 0.238 e. The van der Waals surface area contributed by atoms with Crippen molar-refractivity contribution in [1.82, 2.24) is 10.2 Å². The summed E-state index contributed by atoms with van der Waals surface area (Å²) in [7, 11) is 0. The normalized spacial score (nSPS) is 14.7. The Balaban J connectivity index is 1.76. The SMILES string of the molecule is CCC(Sc1nnc(N)s1)C(=O)Nc1sc2c(c1C#N)CCCC2. The van der Waals surface area contributed by atoms with Gasteiger partial charge in [-0.3, -0.25) is 4.79 Å². The molecular formula is C15H17N5OS3. The number of anilines is 2. The number of fused-ring (bicyclic) bond motifs is 1. The lowest BCUT2D eigenvalue weighted by Gasteiger charge is -2.12. The van der Waals surface area contributed by atoms with E-state index in [2.05, 4.69) is 21.6 Å². The summed E-state index contributed by atoms with van der Waals surface area (Å²) in [5.41, 5.74) is 7.35. The molecule has 0 fully saturated rings. The molecule has 24 heavy (non-hydrogen) atoms. The van der Waals surface area contributed by atoms with Crippen molar-refractivity contribution in [3.8, 4) is 6.07 Å². The first-order valence-corrected chi connectivity index (χ1v) is 10.2. The molecule has 2 aromatic rings. The second-order valence-corrected chi connectivity index (χ2v) is 9.00. The summed E-state index contributed by atoms with van der Waals surface area (Å²) >= 11 is 4.18. The standard InChI is InChI=1S/C15H17N5OS3/c1-2-10(23-15-20-19-14(17)24-15)12(21)18-13-9(7-16)8-5-3-4-6-11(8)22-13/h10H,2-6H2,1H3,(H2,17,19)(H,18,21). The van der Waals surface area contributed by atoms with Crippen molar-refractivity contribution in [2.45, 2.75) is 48.6 Å². The zero-order valence-corrected chi connectivity index (χ0v) is 15.6. The van der Waals surface area contributed by atoms with Crippen LogP contribution in [0.3, 0.4) is 0 Å². The minimum atomic E-state index is -0.289. The fourth-order valence-corrected chi connectivity index (χ4v) is 5.72. The lowest BCUT2D eigenvalue weighted by Crippen LogP contribution is -2.24. The van der Waals surface area contributed by atoms with Gasteiger partial charge in [0.2, 0.25) is 11.0 Å². The van der Waals surface area contributed by atoms with Gasteiger partial charge in [-0.15, -0.1) is 21.5 Å². The summed E-state index contributed by atoms with van der Waals surface area (Å²) in [6.45, 7) is 1.95. The highest BCUT2D eigenvalue weighted by molar-refractivity contribution is 8.02. The van der Waals surface area contributed by atoms with E-state index in [1.54, 1.807) is 11.3 Å². The van der Waals surface area contributed by atoms with Gasteiger partial charge in [0.05, 0.1) is 10.8 Å². The average Bonchev–Trinajstić information content (AvgIpc) is 3.14. The second kappa shape index (κ2) is 7.51. The number of nitrogens with zero attached hydrogens (tertiary/aromatic N) is 3. The predicted molar refractivity (Wildman–Crippen MR) is 98.6 cm³/mol. The third kappa shape index (κ3) is 3.55. The van der Waals surface area contributed by atoms with Crippen LogP contribution in [0.4, 0.5) is 10.1 Å². The Kier molecular flexibility index (Phi) is 5.38. The minimum absolute atomic E-state index is 0.105. The Morgan fingerprint density at radius 2 is 2.21 bits per heavy atom. The molecule has 6 nitrogen and oxygen atoms in total. The fourth-order valence-electron chi connectivity index (χ4n) is 2.68. The van der Waals surface area contributed by atoms with Gasteiger partial charge in [-0.25, -0.2) is 0 Å². The maximum atomic E-state index is 12.6. The van der Waals surface area contributed by atoms with Crippen molar-refractivity contribution in [1.29, 1.82) is 5.26 Å². The van der Waals surface area contributed by atoms with Gasteiger partial charge >= 0.3 is 0 Å². The van der Waals surface area contributed by atoms with Crippen LogP contribution in [0.5, 0.6) is 0 Å². The van der Waals surface area contributed by atoms with E-state index < -0.39 is 0 Å². The van der Waals surface area contributed by atoms with E-state index in [0.717, 1.165) is 31.2 Å². The largest absolute Gasteiger partial charge is 0.374 e. The first-order chi connectivity index (χ1) is 11.6. The smallest absolute Gasteiger partial charge is 0.238 e. The van der Waals surface area contributed by atoms with Crippen LogP contribution >= 0.6 is 34.4 Å². The van der Waals surface area contributed by atoms with Gasteiger partial charge in [0.15, 0.2) is 4.34 Å². The van der Waals surface area contributed by atoms with Gasteiger partial charge in [-0.1, -0.05) is 30.0 Å². The van der Waals surface area contributed by atoms with E-state index in [4.69, 9.17) is 5.73 Å². The zero-order chi connectivity index (χ0) is 17.1. The van der Waals surface area contributed by atoms with Crippen LogP contribution < -0.4 is 11.1 Å². The van der Waals surface area contributed by atoms with E-state index in [0.29, 0.717) is 26.5 Å². The van der Waals surface area contributed by atoms with Gasteiger partial charge in [0.1, 0.15) is 11.1 Å². The fraction of sp³-hybridized carbons (Fsp3) is 0.467. The summed E-state index contributed by atoms with van der Waals surface area (Å²) < 4.78 is 0.681. The van der Waals surface area contributed by atoms with Crippen LogP contribution in [0.25, 0.3) is 0 Å². The molecule has 3 rings (SSSR count). The summed E-state index contributed by atoms with van der Waals surface area (Å²) in [4.78, 5) is 13.9. The molecular weight excluding hydrogens is 362 g/mol. The molecule has 2 heterocycles. The van der Waals surface area contributed by atoms with Gasteiger partial charge in [0.25, 0.3) is 0 Å². The summed E-state index contributed by atoms with van der Waals surface area (Å²) in [6, 6.07) is 2.27. The maximum absolute atomic E-state index is 12.6. The number of hydrogen-bond donors (Lipinski definition) is 2. The lowest BCUT2D eigenvalue weighted by molar-refractivity contribution is -0.115. The number of nitrogens with one attached hydrogen (secondary N) is 1. The van der Waals surface area contributed by atoms with Crippen LogP contribution in [-0.4, -0.2) is 21.4 Å². The van der Waals surface area contributed by atoms with Gasteiger partial charge in [-0.2, -0.15) is 5.26 Å². The molecule has 1 atom stereocenters. The molecule has 1 aliphatic carbocycles.